The van der Waals surface area contributed by atoms with Gasteiger partial charge < -0.3 is 9.84 Å². The van der Waals surface area contributed by atoms with Gasteiger partial charge in [0, 0.05) is 5.92 Å². The molecule has 0 aliphatic carbocycles. The maximum atomic E-state index is 5.25. The third-order valence-corrected chi connectivity index (χ3v) is 2.87. The first-order valence-corrected chi connectivity index (χ1v) is 5.38. The minimum atomic E-state index is 0.292. The molecule has 0 spiro atoms. The minimum Gasteiger partial charge on any atom is -0.338 e. The van der Waals surface area contributed by atoms with Crippen molar-refractivity contribution >= 4 is 0 Å². The second-order valence-electron chi connectivity index (χ2n) is 3.95. The smallest absolute Gasteiger partial charge is 0.243 e. The lowest BCUT2D eigenvalue weighted by molar-refractivity contribution is 0.339. The molecule has 1 aliphatic heterocycles. The Morgan fingerprint density at radius 1 is 1.64 bits per heavy atom. The van der Waals surface area contributed by atoms with Crippen LogP contribution in [-0.4, -0.2) is 16.7 Å². The molecule has 1 aromatic heterocycles. The summed E-state index contributed by atoms with van der Waals surface area (Å²) in [5, 5.41) is 7.35. The Balaban J connectivity index is 2.08. The van der Waals surface area contributed by atoms with Crippen molar-refractivity contribution in [1.29, 1.82) is 0 Å². The Bertz CT molecular complexity index is 291. The van der Waals surface area contributed by atoms with E-state index in [-0.39, 0.29) is 0 Å². The largest absolute Gasteiger partial charge is 0.338 e. The fourth-order valence-corrected chi connectivity index (χ4v) is 1.67. The van der Waals surface area contributed by atoms with Gasteiger partial charge in [0.2, 0.25) is 5.89 Å². The lowest BCUT2D eigenvalue weighted by Crippen LogP contribution is -2.13. The molecular weight excluding hydrogens is 178 g/mol. The van der Waals surface area contributed by atoms with Crippen molar-refractivity contribution in [3.63, 3.8) is 0 Å². The van der Waals surface area contributed by atoms with Gasteiger partial charge in [0.25, 0.3) is 0 Å². The van der Waals surface area contributed by atoms with Crippen LogP contribution in [0, 0.1) is 0 Å². The molecular formula is C10H17N3O. The summed E-state index contributed by atoms with van der Waals surface area (Å²) in [4.78, 5) is 4.42. The first-order chi connectivity index (χ1) is 6.81. The van der Waals surface area contributed by atoms with Crippen molar-refractivity contribution in [3.8, 4) is 0 Å². The normalized spacial score (nSPS) is 24.0. The maximum Gasteiger partial charge on any atom is 0.243 e. The van der Waals surface area contributed by atoms with Crippen LogP contribution in [0.2, 0.25) is 0 Å². The molecule has 0 radical (unpaired) electrons. The molecule has 1 fully saturated rings. The average molecular weight is 195 g/mol. The Morgan fingerprint density at radius 2 is 2.50 bits per heavy atom. The molecule has 14 heavy (non-hydrogen) atoms. The molecule has 2 atom stereocenters. The summed E-state index contributed by atoms with van der Waals surface area (Å²) >= 11 is 0. The predicted molar refractivity (Wildman–Crippen MR) is 53.0 cm³/mol. The Labute approximate surface area is 84.1 Å². The van der Waals surface area contributed by atoms with Gasteiger partial charge >= 0.3 is 0 Å². The van der Waals surface area contributed by atoms with E-state index < -0.39 is 0 Å². The van der Waals surface area contributed by atoms with E-state index in [1.165, 1.54) is 6.42 Å². The summed E-state index contributed by atoms with van der Waals surface area (Å²) in [7, 11) is 0. The predicted octanol–water partition coefficient (Wildman–Crippen LogP) is 2.01. The van der Waals surface area contributed by atoms with Gasteiger partial charge in [-0.15, -0.1) is 0 Å². The SMILES string of the molecule is CCC(C)c1noc(C2CCCN2)n1. The van der Waals surface area contributed by atoms with E-state index in [1.54, 1.807) is 0 Å². The third kappa shape index (κ3) is 1.80. The number of hydrogen-bond acceptors (Lipinski definition) is 4. The Kier molecular flexibility index (Phi) is 2.82. The second kappa shape index (κ2) is 4.09. The zero-order valence-corrected chi connectivity index (χ0v) is 8.79. The van der Waals surface area contributed by atoms with Gasteiger partial charge in [-0.25, -0.2) is 0 Å². The van der Waals surface area contributed by atoms with E-state index in [4.69, 9.17) is 4.52 Å². The summed E-state index contributed by atoms with van der Waals surface area (Å²) in [6, 6.07) is 0.292. The van der Waals surface area contributed by atoms with Crippen LogP contribution in [0.25, 0.3) is 0 Å². The van der Waals surface area contributed by atoms with Gasteiger partial charge in [-0.2, -0.15) is 4.98 Å². The summed E-state index contributed by atoms with van der Waals surface area (Å²) in [5.74, 6) is 2.00. The topological polar surface area (TPSA) is 51.0 Å². The molecule has 0 bridgehead atoms. The van der Waals surface area contributed by atoms with Crippen LogP contribution in [0.15, 0.2) is 4.52 Å². The zero-order chi connectivity index (χ0) is 9.97. The van der Waals surface area contributed by atoms with Crippen molar-refractivity contribution in [2.24, 2.45) is 0 Å². The van der Waals surface area contributed by atoms with Crippen LogP contribution in [0.1, 0.15) is 56.8 Å². The highest BCUT2D eigenvalue weighted by atomic mass is 16.5. The molecule has 0 saturated carbocycles. The Hall–Kier alpha value is -0.900. The van der Waals surface area contributed by atoms with Crippen LogP contribution in [0.3, 0.4) is 0 Å². The zero-order valence-electron chi connectivity index (χ0n) is 8.79. The minimum absolute atomic E-state index is 0.292. The molecule has 1 saturated heterocycles. The first-order valence-electron chi connectivity index (χ1n) is 5.38. The third-order valence-electron chi connectivity index (χ3n) is 2.87. The molecule has 0 aromatic carbocycles. The number of rotatable bonds is 3. The van der Waals surface area contributed by atoms with Gasteiger partial charge in [-0.05, 0) is 25.8 Å². The van der Waals surface area contributed by atoms with Gasteiger partial charge in [-0.1, -0.05) is 19.0 Å². The van der Waals surface area contributed by atoms with E-state index in [1.807, 2.05) is 0 Å². The average Bonchev–Trinajstić information content (AvgIpc) is 2.86. The van der Waals surface area contributed by atoms with Gasteiger partial charge in [0.15, 0.2) is 5.82 Å². The summed E-state index contributed by atoms with van der Waals surface area (Å²) < 4.78 is 5.25. The second-order valence-corrected chi connectivity index (χ2v) is 3.95. The maximum absolute atomic E-state index is 5.25. The fraction of sp³-hybridized carbons (Fsp3) is 0.800. The molecule has 1 aromatic rings. The highest BCUT2D eigenvalue weighted by molar-refractivity contribution is 4.98. The quantitative estimate of drug-likeness (QED) is 0.801. The standard InChI is InChI=1S/C10H17N3O/c1-3-7(2)9-12-10(14-13-9)8-5-4-6-11-8/h7-8,11H,3-6H2,1-2H3. The van der Waals surface area contributed by atoms with Crippen molar-refractivity contribution in [1.82, 2.24) is 15.5 Å². The molecule has 1 N–H and O–H groups in total. The van der Waals surface area contributed by atoms with Crippen LogP contribution in [0.4, 0.5) is 0 Å². The first kappa shape index (κ1) is 9.65. The molecule has 2 unspecified atom stereocenters. The molecule has 1 aliphatic rings. The van der Waals surface area contributed by atoms with Crippen molar-refractivity contribution in [2.75, 3.05) is 6.54 Å². The summed E-state index contributed by atoms with van der Waals surface area (Å²) in [6.45, 7) is 5.32. The highest BCUT2D eigenvalue weighted by Gasteiger charge is 2.23. The fourth-order valence-electron chi connectivity index (χ4n) is 1.67. The van der Waals surface area contributed by atoms with E-state index in [0.717, 1.165) is 31.1 Å². The molecule has 4 nitrogen and oxygen atoms in total. The van der Waals surface area contributed by atoms with Crippen molar-refractivity contribution in [3.05, 3.63) is 11.7 Å². The van der Waals surface area contributed by atoms with Crippen LogP contribution in [-0.2, 0) is 0 Å². The molecule has 4 heteroatoms. The van der Waals surface area contributed by atoms with Gasteiger partial charge in [-0.3, -0.25) is 0 Å². The number of nitrogens with one attached hydrogen (secondary N) is 1. The summed E-state index contributed by atoms with van der Waals surface area (Å²) in [5.41, 5.74) is 0. The molecule has 2 heterocycles. The van der Waals surface area contributed by atoms with E-state index in [9.17, 15) is 0 Å². The highest BCUT2D eigenvalue weighted by Crippen LogP contribution is 2.23. The number of hydrogen-bond donors (Lipinski definition) is 1. The van der Waals surface area contributed by atoms with Crippen molar-refractivity contribution in [2.45, 2.75) is 45.1 Å². The van der Waals surface area contributed by atoms with E-state index in [0.29, 0.717) is 12.0 Å². The van der Waals surface area contributed by atoms with Gasteiger partial charge in [0.05, 0.1) is 6.04 Å². The number of nitrogens with zero attached hydrogens (tertiary/aromatic N) is 2. The lowest BCUT2D eigenvalue weighted by Gasteiger charge is -2.02. The van der Waals surface area contributed by atoms with Gasteiger partial charge in [0.1, 0.15) is 0 Å². The Morgan fingerprint density at radius 3 is 3.14 bits per heavy atom. The van der Waals surface area contributed by atoms with Crippen LogP contribution in [0.5, 0.6) is 0 Å². The lowest BCUT2D eigenvalue weighted by atomic mass is 10.1. The van der Waals surface area contributed by atoms with Crippen LogP contribution < -0.4 is 5.32 Å². The molecule has 0 amide bonds. The van der Waals surface area contributed by atoms with E-state index in [2.05, 4.69) is 29.3 Å². The monoisotopic (exact) mass is 195 g/mol. The molecule has 78 valence electrons. The van der Waals surface area contributed by atoms with Crippen molar-refractivity contribution < 1.29 is 4.52 Å². The van der Waals surface area contributed by atoms with E-state index >= 15 is 0 Å². The number of aromatic nitrogens is 2. The molecule has 2 rings (SSSR count). The summed E-state index contributed by atoms with van der Waals surface area (Å²) in [6.07, 6.45) is 3.37. The van der Waals surface area contributed by atoms with Crippen LogP contribution >= 0.6 is 0 Å².